The highest BCUT2D eigenvalue weighted by atomic mass is 16.5. The summed E-state index contributed by atoms with van der Waals surface area (Å²) in [6, 6.07) is 16.0. The molecule has 3 aromatic rings. The largest absolute Gasteiger partial charge is 0.461 e. The van der Waals surface area contributed by atoms with E-state index < -0.39 is 11.5 Å². The van der Waals surface area contributed by atoms with Gasteiger partial charge in [-0.05, 0) is 31.5 Å². The fraction of sp³-hybridized carbons (Fsp3) is 0.346. The zero-order chi connectivity index (χ0) is 24.6. The Morgan fingerprint density at radius 3 is 2.17 bits per heavy atom. The number of rotatable bonds is 7. The van der Waals surface area contributed by atoms with E-state index in [0.29, 0.717) is 17.7 Å². The van der Waals surface area contributed by atoms with E-state index >= 15 is 0 Å². The van der Waals surface area contributed by atoms with E-state index in [9.17, 15) is 14.4 Å². The first-order chi connectivity index (χ1) is 16.8. The number of nitrogens with zero attached hydrogens (tertiary/aromatic N) is 4. The Bertz CT molecular complexity index is 1210. The third-order valence-electron chi connectivity index (χ3n) is 6.86. The molecule has 180 valence electrons. The van der Waals surface area contributed by atoms with Gasteiger partial charge in [-0.15, -0.1) is 0 Å². The van der Waals surface area contributed by atoms with Gasteiger partial charge in [0.1, 0.15) is 6.61 Å². The lowest BCUT2D eigenvalue weighted by Gasteiger charge is -2.28. The van der Waals surface area contributed by atoms with Crippen LogP contribution in [0.15, 0.2) is 67.0 Å². The van der Waals surface area contributed by atoms with Crippen LogP contribution in [-0.4, -0.2) is 55.8 Å². The zero-order valence-electron chi connectivity index (χ0n) is 19.6. The third kappa shape index (κ3) is 4.35. The highest BCUT2D eigenvalue weighted by Gasteiger charge is 2.54. The van der Waals surface area contributed by atoms with Crippen molar-refractivity contribution in [2.75, 3.05) is 6.54 Å². The van der Waals surface area contributed by atoms with Gasteiger partial charge in [-0.25, -0.2) is 0 Å². The van der Waals surface area contributed by atoms with Crippen LogP contribution in [0.3, 0.4) is 0 Å². The molecule has 3 atom stereocenters. The molecule has 1 N–H and O–H groups in total. The Kier molecular flexibility index (Phi) is 5.94. The molecule has 2 aliphatic rings. The molecule has 0 spiro atoms. The van der Waals surface area contributed by atoms with Gasteiger partial charge in [-0.2, -0.15) is 15.0 Å². The molecule has 1 aromatic heterocycles. The van der Waals surface area contributed by atoms with E-state index in [0.717, 1.165) is 5.56 Å². The number of fused-ring (bicyclic) bond motifs is 1. The molecule has 9 nitrogen and oxygen atoms in total. The molecule has 9 heteroatoms. The molecule has 0 aliphatic carbocycles. The first-order valence-electron chi connectivity index (χ1n) is 11.6. The summed E-state index contributed by atoms with van der Waals surface area (Å²) in [5.74, 6) is -1.84. The van der Waals surface area contributed by atoms with Gasteiger partial charge >= 0.3 is 5.97 Å². The van der Waals surface area contributed by atoms with Crippen LogP contribution in [0.4, 0.5) is 0 Å². The molecule has 0 radical (unpaired) electrons. The number of ether oxygens (including phenoxy) is 1. The lowest BCUT2D eigenvalue weighted by atomic mass is 9.80. The summed E-state index contributed by atoms with van der Waals surface area (Å²) in [5, 5.41) is 11.9. The number of benzene rings is 2. The van der Waals surface area contributed by atoms with Crippen molar-refractivity contribution in [3.05, 3.63) is 83.7 Å². The second-order valence-electron chi connectivity index (χ2n) is 9.56. The van der Waals surface area contributed by atoms with Gasteiger partial charge < -0.3 is 10.1 Å². The number of nitrogens with one attached hydrogen (secondary N) is 1. The highest BCUT2D eigenvalue weighted by Crippen LogP contribution is 2.38. The van der Waals surface area contributed by atoms with Gasteiger partial charge in [0, 0.05) is 24.0 Å². The van der Waals surface area contributed by atoms with Gasteiger partial charge in [0.2, 0.25) is 0 Å². The minimum absolute atomic E-state index is 0.129. The zero-order valence-corrected chi connectivity index (χ0v) is 19.6. The van der Waals surface area contributed by atoms with Crippen molar-refractivity contribution in [1.29, 1.82) is 0 Å². The number of imide groups is 1. The molecular weight excluding hydrogens is 446 g/mol. The molecular formula is C26H27N5O4. The smallest absolute Gasteiger partial charge is 0.311 e. The number of aromatic nitrogens is 3. The van der Waals surface area contributed by atoms with Crippen LogP contribution in [0.25, 0.3) is 0 Å². The van der Waals surface area contributed by atoms with E-state index in [-0.39, 0.29) is 42.9 Å². The van der Waals surface area contributed by atoms with E-state index in [4.69, 9.17) is 4.74 Å². The summed E-state index contributed by atoms with van der Waals surface area (Å²) in [6.07, 6.45) is 3.16. The van der Waals surface area contributed by atoms with Crippen molar-refractivity contribution < 1.29 is 19.1 Å². The maximum atomic E-state index is 13.4. The fourth-order valence-electron chi connectivity index (χ4n) is 5.27. The molecule has 1 unspecified atom stereocenters. The summed E-state index contributed by atoms with van der Waals surface area (Å²) in [5.41, 5.74) is 1.06. The van der Waals surface area contributed by atoms with Gasteiger partial charge in [0.25, 0.3) is 11.8 Å². The summed E-state index contributed by atoms with van der Waals surface area (Å²) in [7, 11) is 0. The average molecular weight is 474 g/mol. The van der Waals surface area contributed by atoms with Gasteiger partial charge in [-0.1, -0.05) is 42.5 Å². The summed E-state index contributed by atoms with van der Waals surface area (Å²) in [4.78, 5) is 42.2. The van der Waals surface area contributed by atoms with Gasteiger partial charge in [0.15, 0.2) is 0 Å². The van der Waals surface area contributed by atoms with Crippen molar-refractivity contribution in [2.45, 2.75) is 38.6 Å². The molecule has 2 aliphatic heterocycles. The van der Waals surface area contributed by atoms with Crippen LogP contribution in [0.2, 0.25) is 0 Å². The maximum Gasteiger partial charge on any atom is 0.311 e. The monoisotopic (exact) mass is 473 g/mol. The second kappa shape index (κ2) is 9.07. The molecule has 0 bridgehead atoms. The Morgan fingerprint density at radius 1 is 0.943 bits per heavy atom. The van der Waals surface area contributed by atoms with E-state index in [1.54, 1.807) is 36.7 Å². The summed E-state index contributed by atoms with van der Waals surface area (Å²) in [6.45, 7) is 4.51. The molecule has 35 heavy (non-hydrogen) atoms. The van der Waals surface area contributed by atoms with Crippen LogP contribution in [-0.2, 0) is 22.7 Å². The van der Waals surface area contributed by atoms with E-state index in [2.05, 4.69) is 15.5 Å². The Labute approximate surface area is 203 Å². The van der Waals surface area contributed by atoms with Crippen LogP contribution >= 0.6 is 0 Å². The lowest BCUT2D eigenvalue weighted by Crippen LogP contribution is -2.47. The van der Waals surface area contributed by atoms with E-state index in [1.807, 2.05) is 44.2 Å². The lowest BCUT2D eigenvalue weighted by molar-refractivity contribution is -0.153. The average Bonchev–Trinajstić information content (AvgIpc) is 3.52. The van der Waals surface area contributed by atoms with Crippen molar-refractivity contribution in [3.8, 4) is 0 Å². The van der Waals surface area contributed by atoms with Gasteiger partial charge in [0.05, 0.1) is 36.0 Å². The molecule has 5 rings (SSSR count). The van der Waals surface area contributed by atoms with Crippen LogP contribution in [0.5, 0.6) is 0 Å². The number of hydrogen-bond acceptors (Lipinski definition) is 7. The van der Waals surface area contributed by atoms with Crippen molar-refractivity contribution in [2.24, 2.45) is 11.8 Å². The summed E-state index contributed by atoms with van der Waals surface area (Å²) >= 11 is 0. The number of carbonyl (C=O) groups excluding carboxylic acids is 3. The molecule has 3 heterocycles. The van der Waals surface area contributed by atoms with Crippen molar-refractivity contribution in [1.82, 2.24) is 25.2 Å². The fourth-order valence-corrected chi connectivity index (χ4v) is 5.27. The quantitative estimate of drug-likeness (QED) is 0.415. The number of esters is 1. The Balaban J connectivity index is 1.40. The van der Waals surface area contributed by atoms with Crippen molar-refractivity contribution in [3.63, 3.8) is 0 Å². The predicted octanol–water partition coefficient (Wildman–Crippen LogP) is 2.30. The van der Waals surface area contributed by atoms with Crippen molar-refractivity contribution >= 4 is 17.8 Å². The molecule has 1 fully saturated rings. The summed E-state index contributed by atoms with van der Waals surface area (Å²) < 4.78 is 5.73. The third-order valence-corrected chi connectivity index (χ3v) is 6.86. The standard InChI is InChI=1S/C26H27N5O4/c1-26(2)22(25(34)35-16-17-8-4-3-5-9-17)20(14-31-27-12-13-28-31)21(29-26)15-30-23(32)18-10-6-7-11-19(18)24(30)33/h3-13,20-22,29H,14-16H2,1-2H3/t20-,21+,22?/m1/s1. The molecule has 1 saturated heterocycles. The first kappa shape index (κ1) is 22.9. The second-order valence-corrected chi connectivity index (χ2v) is 9.56. The van der Waals surface area contributed by atoms with Crippen LogP contribution < -0.4 is 5.32 Å². The van der Waals surface area contributed by atoms with Crippen LogP contribution in [0, 0.1) is 11.8 Å². The Morgan fingerprint density at radius 2 is 1.54 bits per heavy atom. The van der Waals surface area contributed by atoms with Crippen LogP contribution in [0.1, 0.15) is 40.1 Å². The first-order valence-corrected chi connectivity index (χ1v) is 11.6. The molecule has 2 aromatic carbocycles. The number of carbonyl (C=O) groups is 3. The van der Waals surface area contributed by atoms with Gasteiger partial charge in [-0.3, -0.25) is 19.3 Å². The minimum Gasteiger partial charge on any atom is -0.461 e. The Hall–Kier alpha value is -3.85. The number of amides is 2. The topological polar surface area (TPSA) is 106 Å². The number of hydrogen-bond donors (Lipinski definition) is 1. The highest BCUT2D eigenvalue weighted by molar-refractivity contribution is 6.21. The molecule has 0 saturated carbocycles. The SMILES string of the molecule is CC1(C)N[C@@H](CN2C(=O)c3ccccc3C2=O)[C@@H](Cn2nccn2)C1C(=O)OCc1ccccc1. The normalized spacial score (nSPS) is 22.9. The maximum absolute atomic E-state index is 13.4. The van der Waals surface area contributed by atoms with E-state index in [1.165, 1.54) is 9.70 Å². The molecule has 2 amide bonds. The minimum atomic E-state index is -0.644. The predicted molar refractivity (Wildman–Crippen MR) is 126 cm³/mol.